The molecule has 0 spiro atoms. The smallest absolute Gasteiger partial charge is 0.227 e. The van der Waals surface area contributed by atoms with E-state index in [0.29, 0.717) is 12.2 Å². The van der Waals surface area contributed by atoms with Crippen molar-refractivity contribution in [1.82, 2.24) is 14.9 Å². The number of hydrogen-bond acceptors (Lipinski definition) is 3. The summed E-state index contributed by atoms with van der Waals surface area (Å²) >= 11 is 0. The number of aromatic nitrogens is 2. The zero-order chi connectivity index (χ0) is 19.1. The molecule has 0 N–H and O–H groups in total. The fourth-order valence-electron chi connectivity index (χ4n) is 4.46. The maximum atomic E-state index is 13.2. The van der Waals surface area contributed by atoms with E-state index in [-0.39, 0.29) is 23.8 Å². The number of carbonyl (C=O) groups is 1. The second-order valence-electron chi connectivity index (χ2n) is 7.52. The summed E-state index contributed by atoms with van der Waals surface area (Å²) in [6.45, 7) is 0. The first-order chi connectivity index (χ1) is 13.7. The Morgan fingerprint density at radius 3 is 2.64 bits per heavy atom. The lowest BCUT2D eigenvalue weighted by atomic mass is 9.98. The van der Waals surface area contributed by atoms with E-state index in [1.54, 1.807) is 12.1 Å². The predicted molar refractivity (Wildman–Crippen MR) is 104 cm³/mol. The second kappa shape index (κ2) is 6.82. The van der Waals surface area contributed by atoms with E-state index in [0.717, 1.165) is 41.6 Å². The Hall–Kier alpha value is -3.08. The van der Waals surface area contributed by atoms with Crippen molar-refractivity contribution < 1.29 is 9.18 Å². The van der Waals surface area contributed by atoms with Gasteiger partial charge in [-0.25, -0.2) is 14.4 Å². The highest BCUT2D eigenvalue weighted by Crippen LogP contribution is 2.43. The van der Waals surface area contributed by atoms with Crippen LogP contribution in [-0.2, 0) is 17.6 Å². The molecule has 2 atom stereocenters. The van der Waals surface area contributed by atoms with Crippen LogP contribution in [0.1, 0.15) is 35.7 Å². The van der Waals surface area contributed by atoms with Crippen LogP contribution in [0.5, 0.6) is 0 Å². The first-order valence-corrected chi connectivity index (χ1v) is 9.66. The van der Waals surface area contributed by atoms with Gasteiger partial charge in [0, 0.05) is 29.8 Å². The lowest BCUT2D eigenvalue weighted by Gasteiger charge is -2.36. The van der Waals surface area contributed by atoms with Gasteiger partial charge in [0.15, 0.2) is 5.82 Å². The molecule has 0 unspecified atom stereocenters. The number of hydrogen-bond donors (Lipinski definition) is 0. The van der Waals surface area contributed by atoms with E-state index in [2.05, 4.69) is 9.88 Å². The first kappa shape index (κ1) is 17.0. The average molecular weight is 373 g/mol. The molecule has 2 bridgehead atoms. The third-order valence-electron chi connectivity index (χ3n) is 5.78. The molecule has 1 saturated heterocycles. The minimum absolute atomic E-state index is 0.0623. The van der Waals surface area contributed by atoms with Crippen molar-refractivity contribution in [2.75, 3.05) is 0 Å². The molecule has 3 heterocycles. The van der Waals surface area contributed by atoms with Crippen LogP contribution in [-0.4, -0.2) is 26.8 Å². The Bertz CT molecular complexity index is 1020. The van der Waals surface area contributed by atoms with Crippen LogP contribution in [0.3, 0.4) is 0 Å². The lowest BCUT2D eigenvalue weighted by Crippen LogP contribution is -2.43. The summed E-state index contributed by atoms with van der Waals surface area (Å²) in [6.07, 6.45) is 4.99. The average Bonchev–Trinajstić information content (AvgIpc) is 3.04. The van der Waals surface area contributed by atoms with E-state index in [1.165, 1.54) is 12.1 Å². The molecule has 0 saturated carbocycles. The molecular formula is C23H20FN3O. The molecule has 1 aromatic heterocycles. The molecule has 140 valence electrons. The van der Waals surface area contributed by atoms with Gasteiger partial charge < -0.3 is 4.90 Å². The van der Waals surface area contributed by atoms with E-state index in [1.807, 2.05) is 36.5 Å². The Kier molecular flexibility index (Phi) is 4.15. The van der Waals surface area contributed by atoms with E-state index in [4.69, 9.17) is 4.98 Å². The van der Waals surface area contributed by atoms with Gasteiger partial charge in [0.25, 0.3) is 0 Å². The quantitative estimate of drug-likeness (QED) is 0.694. The second-order valence-corrected chi connectivity index (χ2v) is 7.52. The molecule has 0 radical (unpaired) electrons. The number of halogens is 1. The van der Waals surface area contributed by atoms with Crippen molar-refractivity contribution in [3.8, 4) is 11.4 Å². The van der Waals surface area contributed by atoms with Crippen LogP contribution in [0.15, 0.2) is 60.8 Å². The minimum Gasteiger partial charge on any atom is -0.332 e. The summed E-state index contributed by atoms with van der Waals surface area (Å²) in [4.78, 5) is 24.3. The summed E-state index contributed by atoms with van der Waals surface area (Å²) in [5.41, 5.74) is 3.92. The van der Waals surface area contributed by atoms with Crippen molar-refractivity contribution in [3.63, 3.8) is 0 Å². The van der Waals surface area contributed by atoms with Crippen LogP contribution < -0.4 is 0 Å². The molecule has 3 aromatic rings. The van der Waals surface area contributed by atoms with Crippen molar-refractivity contribution in [2.24, 2.45) is 0 Å². The molecule has 1 amide bonds. The fraction of sp³-hybridized carbons (Fsp3) is 0.261. The summed E-state index contributed by atoms with van der Waals surface area (Å²) in [5, 5.41) is 0. The van der Waals surface area contributed by atoms with Gasteiger partial charge in [0.2, 0.25) is 5.91 Å². The monoisotopic (exact) mass is 373 g/mol. The van der Waals surface area contributed by atoms with E-state index >= 15 is 0 Å². The summed E-state index contributed by atoms with van der Waals surface area (Å²) in [7, 11) is 0. The summed E-state index contributed by atoms with van der Waals surface area (Å²) in [5.74, 6) is 0.515. The highest BCUT2D eigenvalue weighted by molar-refractivity contribution is 5.80. The van der Waals surface area contributed by atoms with E-state index < -0.39 is 0 Å². The summed E-state index contributed by atoms with van der Waals surface area (Å²) < 4.78 is 13.2. The number of rotatable bonds is 3. The maximum Gasteiger partial charge on any atom is 0.227 e. The Balaban J connectivity index is 1.42. The van der Waals surface area contributed by atoms with Crippen molar-refractivity contribution >= 4 is 5.91 Å². The number of amides is 1. The van der Waals surface area contributed by atoms with E-state index in [9.17, 15) is 9.18 Å². The number of nitrogens with zero attached hydrogens (tertiary/aromatic N) is 3. The SMILES string of the molecule is O=C(Cc1ccccc1)N1[C@H]2CC[C@@H]1c1cnc(-c3ccc(F)cc3)nc1C2. The van der Waals surface area contributed by atoms with Gasteiger partial charge in [-0.2, -0.15) is 0 Å². The molecule has 0 aliphatic carbocycles. The number of carbonyl (C=O) groups excluding carboxylic acids is 1. The van der Waals surface area contributed by atoms with Gasteiger partial charge in [0.05, 0.1) is 18.2 Å². The van der Waals surface area contributed by atoms with Crippen LogP contribution in [0.2, 0.25) is 0 Å². The highest BCUT2D eigenvalue weighted by atomic mass is 19.1. The standard InChI is InChI=1S/C23H20FN3O/c24-17-8-6-16(7-9-17)23-25-14-19-20(26-23)13-18-10-11-21(19)27(18)22(28)12-15-4-2-1-3-5-15/h1-9,14,18,21H,10-13H2/t18-,21+/m0/s1. The maximum absolute atomic E-state index is 13.2. The van der Waals surface area contributed by atoms with Crippen molar-refractivity contribution in [1.29, 1.82) is 0 Å². The van der Waals surface area contributed by atoms with Gasteiger partial charge in [-0.1, -0.05) is 30.3 Å². The minimum atomic E-state index is -0.271. The Labute approximate surface area is 163 Å². The molecule has 28 heavy (non-hydrogen) atoms. The van der Waals surface area contributed by atoms with Gasteiger partial charge in [-0.3, -0.25) is 4.79 Å². The molecular weight excluding hydrogens is 353 g/mol. The lowest BCUT2D eigenvalue weighted by molar-refractivity contribution is -0.134. The third kappa shape index (κ3) is 2.97. The van der Waals surface area contributed by atoms with Crippen LogP contribution in [0.4, 0.5) is 4.39 Å². The molecule has 4 nitrogen and oxygen atoms in total. The van der Waals surface area contributed by atoms with Gasteiger partial charge >= 0.3 is 0 Å². The molecule has 5 rings (SSSR count). The zero-order valence-electron chi connectivity index (χ0n) is 15.4. The molecule has 2 aromatic carbocycles. The van der Waals surface area contributed by atoms with Gasteiger partial charge in [-0.15, -0.1) is 0 Å². The molecule has 5 heteroatoms. The zero-order valence-corrected chi connectivity index (χ0v) is 15.4. The Morgan fingerprint density at radius 1 is 1.07 bits per heavy atom. The van der Waals surface area contributed by atoms with Crippen LogP contribution >= 0.6 is 0 Å². The first-order valence-electron chi connectivity index (χ1n) is 9.66. The van der Waals surface area contributed by atoms with Crippen molar-refractivity contribution in [2.45, 2.75) is 37.8 Å². The highest BCUT2D eigenvalue weighted by Gasteiger charge is 2.43. The predicted octanol–water partition coefficient (Wildman–Crippen LogP) is 4.11. The van der Waals surface area contributed by atoms with Crippen LogP contribution in [0, 0.1) is 5.82 Å². The molecule has 1 fully saturated rings. The number of fused-ring (bicyclic) bond motifs is 4. The van der Waals surface area contributed by atoms with Crippen LogP contribution in [0.25, 0.3) is 11.4 Å². The summed E-state index contributed by atoms with van der Waals surface area (Å²) in [6, 6.07) is 16.4. The largest absolute Gasteiger partial charge is 0.332 e. The van der Waals surface area contributed by atoms with Gasteiger partial charge in [-0.05, 0) is 42.7 Å². The Morgan fingerprint density at radius 2 is 1.86 bits per heavy atom. The van der Waals surface area contributed by atoms with Crippen molar-refractivity contribution in [3.05, 3.63) is 83.4 Å². The molecule has 2 aliphatic rings. The number of benzene rings is 2. The fourth-order valence-corrected chi connectivity index (χ4v) is 4.46. The normalized spacial score (nSPS) is 20.1. The molecule has 2 aliphatic heterocycles. The van der Waals surface area contributed by atoms with Gasteiger partial charge in [0.1, 0.15) is 5.82 Å². The third-order valence-corrected chi connectivity index (χ3v) is 5.78. The topological polar surface area (TPSA) is 46.1 Å².